The van der Waals surface area contributed by atoms with E-state index < -0.39 is 0 Å². The zero-order valence-corrected chi connectivity index (χ0v) is 16.9. The highest BCUT2D eigenvalue weighted by atomic mass is 79.9. The van der Waals surface area contributed by atoms with E-state index in [9.17, 15) is 4.79 Å². The zero-order chi connectivity index (χ0) is 17.8. The molecular weight excluding hydrogens is 412 g/mol. The monoisotopic (exact) mass is 432 g/mol. The van der Waals surface area contributed by atoms with E-state index in [1.807, 2.05) is 18.2 Å². The summed E-state index contributed by atoms with van der Waals surface area (Å²) in [4.78, 5) is 17.0. The number of carbonyl (C=O) groups excluding carboxylic acids is 1. The molecule has 4 bridgehead atoms. The first-order valence-electron chi connectivity index (χ1n) is 9.25. The lowest BCUT2D eigenvalue weighted by Gasteiger charge is -2.60. The SMILES string of the molecule is O=C(CC12C[C@@H]3C[C@H](CC(Br)(C3)C1)C2)Nc1nnc(-c2ccccn2)s1. The highest BCUT2D eigenvalue weighted by Crippen LogP contribution is 2.65. The van der Waals surface area contributed by atoms with Gasteiger partial charge in [-0.15, -0.1) is 10.2 Å². The number of rotatable bonds is 4. The predicted octanol–water partition coefficient (Wildman–Crippen LogP) is 4.66. The Kier molecular flexibility index (Phi) is 3.94. The number of carbonyl (C=O) groups is 1. The van der Waals surface area contributed by atoms with Gasteiger partial charge in [-0.1, -0.05) is 33.3 Å². The predicted molar refractivity (Wildman–Crippen MR) is 105 cm³/mol. The van der Waals surface area contributed by atoms with Gasteiger partial charge in [0.1, 0.15) is 5.69 Å². The van der Waals surface area contributed by atoms with E-state index in [4.69, 9.17) is 0 Å². The second-order valence-corrected chi connectivity index (χ2v) is 11.1. The Labute approximate surface area is 165 Å². The fourth-order valence-electron chi connectivity index (χ4n) is 5.91. The molecule has 4 aliphatic carbocycles. The number of anilines is 1. The third kappa shape index (κ3) is 3.09. The van der Waals surface area contributed by atoms with Crippen LogP contribution >= 0.6 is 27.3 Å². The van der Waals surface area contributed by atoms with Crippen LogP contribution in [0.5, 0.6) is 0 Å². The van der Waals surface area contributed by atoms with Crippen molar-refractivity contribution in [2.75, 3.05) is 5.32 Å². The van der Waals surface area contributed by atoms with Crippen LogP contribution in [-0.2, 0) is 4.79 Å². The third-order valence-electron chi connectivity index (χ3n) is 6.20. The molecule has 1 amide bonds. The highest BCUT2D eigenvalue weighted by molar-refractivity contribution is 9.10. The Morgan fingerprint density at radius 3 is 2.73 bits per heavy atom. The summed E-state index contributed by atoms with van der Waals surface area (Å²) in [5.41, 5.74) is 0.958. The Bertz CT molecular complexity index is 825. The van der Waals surface area contributed by atoms with Crippen molar-refractivity contribution in [3.8, 4) is 10.7 Å². The molecule has 0 radical (unpaired) electrons. The Morgan fingerprint density at radius 1 is 1.23 bits per heavy atom. The molecule has 4 aliphatic rings. The van der Waals surface area contributed by atoms with Crippen LogP contribution in [0.2, 0.25) is 0 Å². The molecule has 2 atom stereocenters. The summed E-state index contributed by atoms with van der Waals surface area (Å²) in [6.07, 6.45) is 9.83. The third-order valence-corrected chi connectivity index (χ3v) is 7.99. The average molecular weight is 433 g/mol. The summed E-state index contributed by atoms with van der Waals surface area (Å²) < 4.78 is 0.284. The molecule has 0 aromatic carbocycles. The molecule has 0 saturated heterocycles. The van der Waals surface area contributed by atoms with Gasteiger partial charge in [-0.25, -0.2) is 0 Å². The van der Waals surface area contributed by atoms with Gasteiger partial charge in [-0.05, 0) is 67.9 Å². The van der Waals surface area contributed by atoms with Crippen molar-refractivity contribution in [1.29, 1.82) is 0 Å². The van der Waals surface area contributed by atoms with Gasteiger partial charge in [0.15, 0.2) is 5.01 Å². The first kappa shape index (κ1) is 16.8. The van der Waals surface area contributed by atoms with E-state index in [-0.39, 0.29) is 15.6 Å². The minimum absolute atomic E-state index is 0.0757. The molecule has 5 nitrogen and oxygen atoms in total. The molecular formula is C19H21BrN4OS. The number of hydrogen-bond donors (Lipinski definition) is 1. The quantitative estimate of drug-likeness (QED) is 0.712. The van der Waals surface area contributed by atoms with Gasteiger partial charge in [-0.2, -0.15) is 0 Å². The fraction of sp³-hybridized carbons (Fsp3) is 0.579. The summed E-state index contributed by atoms with van der Waals surface area (Å²) in [5.74, 6) is 1.66. The van der Waals surface area contributed by atoms with Gasteiger partial charge in [0.05, 0.1) is 0 Å². The van der Waals surface area contributed by atoms with Crippen LogP contribution in [-0.4, -0.2) is 25.4 Å². The number of nitrogens with zero attached hydrogens (tertiary/aromatic N) is 3. The molecule has 7 heteroatoms. The van der Waals surface area contributed by atoms with Crippen molar-refractivity contribution < 1.29 is 4.79 Å². The maximum Gasteiger partial charge on any atom is 0.226 e. The highest BCUT2D eigenvalue weighted by Gasteiger charge is 2.57. The first-order valence-corrected chi connectivity index (χ1v) is 10.9. The lowest BCUT2D eigenvalue weighted by molar-refractivity contribution is -0.123. The second-order valence-electron chi connectivity index (χ2n) is 8.46. The van der Waals surface area contributed by atoms with Crippen LogP contribution in [0.1, 0.15) is 44.9 Å². The van der Waals surface area contributed by atoms with Crippen LogP contribution in [0.15, 0.2) is 24.4 Å². The number of alkyl halides is 1. The van der Waals surface area contributed by atoms with Crippen LogP contribution < -0.4 is 5.32 Å². The average Bonchev–Trinajstić information content (AvgIpc) is 3.01. The minimum Gasteiger partial charge on any atom is -0.301 e. The lowest BCUT2D eigenvalue weighted by atomic mass is 9.48. The maximum atomic E-state index is 12.7. The smallest absolute Gasteiger partial charge is 0.226 e. The van der Waals surface area contributed by atoms with Crippen LogP contribution in [0.25, 0.3) is 10.7 Å². The number of pyridine rings is 1. The summed E-state index contributed by atoms with van der Waals surface area (Å²) >= 11 is 5.40. The Hall–Kier alpha value is -1.34. The Balaban J connectivity index is 1.28. The minimum atomic E-state index is 0.0757. The topological polar surface area (TPSA) is 67.8 Å². The molecule has 1 N–H and O–H groups in total. The van der Waals surface area contributed by atoms with E-state index in [2.05, 4.69) is 36.4 Å². The molecule has 6 rings (SSSR count). The van der Waals surface area contributed by atoms with E-state index in [0.717, 1.165) is 29.0 Å². The van der Waals surface area contributed by atoms with Crippen LogP contribution in [0, 0.1) is 17.3 Å². The molecule has 4 saturated carbocycles. The van der Waals surface area contributed by atoms with Crippen molar-refractivity contribution in [1.82, 2.24) is 15.2 Å². The van der Waals surface area contributed by atoms with Gasteiger partial charge in [0, 0.05) is 16.9 Å². The van der Waals surface area contributed by atoms with Crippen molar-refractivity contribution in [3.63, 3.8) is 0 Å². The summed E-state index contributed by atoms with van der Waals surface area (Å²) in [6, 6.07) is 5.69. The number of amides is 1. The molecule has 2 heterocycles. The Morgan fingerprint density at radius 2 is 2.04 bits per heavy atom. The zero-order valence-electron chi connectivity index (χ0n) is 14.4. The summed E-state index contributed by atoms with van der Waals surface area (Å²) in [6.45, 7) is 0. The van der Waals surface area contributed by atoms with Gasteiger partial charge in [0.25, 0.3) is 0 Å². The molecule has 26 heavy (non-hydrogen) atoms. The van der Waals surface area contributed by atoms with E-state index in [1.54, 1.807) is 6.20 Å². The number of aromatic nitrogens is 3. The van der Waals surface area contributed by atoms with Gasteiger partial charge < -0.3 is 5.32 Å². The molecule has 136 valence electrons. The van der Waals surface area contributed by atoms with E-state index in [0.29, 0.717) is 11.6 Å². The van der Waals surface area contributed by atoms with Gasteiger partial charge in [0.2, 0.25) is 11.0 Å². The fourth-order valence-corrected chi connectivity index (χ4v) is 8.16. The number of nitrogens with one attached hydrogen (secondary N) is 1. The largest absolute Gasteiger partial charge is 0.301 e. The molecule has 0 unspecified atom stereocenters. The molecule has 0 spiro atoms. The second kappa shape index (κ2) is 6.09. The summed E-state index contributed by atoms with van der Waals surface area (Å²) in [7, 11) is 0. The van der Waals surface area contributed by atoms with E-state index >= 15 is 0 Å². The molecule has 2 aromatic rings. The summed E-state index contributed by atoms with van der Waals surface area (Å²) in [5, 5.41) is 12.6. The van der Waals surface area contributed by atoms with Gasteiger partial charge in [-0.3, -0.25) is 9.78 Å². The standard InChI is InChI=1S/C19H21BrN4OS/c20-19-8-12-5-13(9-19)7-18(6-12,11-19)10-15(25)22-17-24-23-16(26-17)14-3-1-2-4-21-14/h1-4,12-13H,5-11H2,(H,22,24,25)/t12-,13-,18?,19?/m0/s1. The van der Waals surface area contributed by atoms with Crippen LogP contribution in [0.4, 0.5) is 5.13 Å². The molecule has 0 aliphatic heterocycles. The first-order chi connectivity index (χ1) is 12.5. The molecule has 2 aromatic heterocycles. The normalized spacial score (nSPS) is 34.8. The van der Waals surface area contributed by atoms with Crippen molar-refractivity contribution in [2.24, 2.45) is 17.3 Å². The lowest BCUT2D eigenvalue weighted by Crippen LogP contribution is -2.53. The number of hydrogen-bond acceptors (Lipinski definition) is 5. The van der Waals surface area contributed by atoms with Crippen molar-refractivity contribution >= 4 is 38.3 Å². The van der Waals surface area contributed by atoms with Crippen molar-refractivity contribution in [3.05, 3.63) is 24.4 Å². The maximum absolute atomic E-state index is 12.7. The van der Waals surface area contributed by atoms with E-state index in [1.165, 1.54) is 43.4 Å². The van der Waals surface area contributed by atoms with Gasteiger partial charge >= 0.3 is 0 Å². The number of halogens is 1. The van der Waals surface area contributed by atoms with Crippen LogP contribution in [0.3, 0.4) is 0 Å². The molecule has 4 fully saturated rings. The van der Waals surface area contributed by atoms with Crippen molar-refractivity contribution in [2.45, 2.75) is 49.3 Å².